The first-order valence-corrected chi connectivity index (χ1v) is 17.9. The molecule has 0 amide bonds. The number of unbranched alkanes of at least 4 members (excludes halogenated alkanes) is 7. The topological polar surface area (TPSA) is 52.6 Å². The molecule has 0 aliphatic heterocycles. The quantitative estimate of drug-likeness (QED) is 0.0969. The van der Waals surface area contributed by atoms with Gasteiger partial charge in [-0.05, 0) is 0 Å². The Bertz CT molecular complexity index is 1310. The van der Waals surface area contributed by atoms with Gasteiger partial charge in [0, 0.05) is 0 Å². The van der Waals surface area contributed by atoms with E-state index in [2.05, 4.69) is 79.7 Å². The minimum atomic E-state index is -2.96. The van der Waals surface area contributed by atoms with Crippen molar-refractivity contribution in [3.05, 3.63) is 114 Å². The van der Waals surface area contributed by atoms with Crippen LogP contribution in [0.3, 0.4) is 0 Å². The number of ketones is 2. The number of methoxy groups -OCH3 is 2. The number of allylic oxidation sites excluding steroid dienone is 2. The third-order valence-corrected chi connectivity index (χ3v) is 14.3. The van der Waals surface area contributed by atoms with Gasteiger partial charge in [-0.1, -0.05) is 0 Å². The molecule has 0 spiro atoms. The van der Waals surface area contributed by atoms with Crippen LogP contribution in [0.4, 0.5) is 0 Å². The summed E-state index contributed by atoms with van der Waals surface area (Å²) in [6.07, 6.45) is 10.4. The Hall–Kier alpha value is -3.49. The molecule has 0 aromatic heterocycles. The van der Waals surface area contributed by atoms with Crippen LogP contribution in [0.25, 0.3) is 0 Å². The van der Waals surface area contributed by atoms with E-state index < -0.39 is 7.26 Å². The fourth-order valence-electron chi connectivity index (χ4n) is 6.85. The van der Waals surface area contributed by atoms with E-state index in [0.717, 1.165) is 19.3 Å². The van der Waals surface area contributed by atoms with Gasteiger partial charge in [-0.15, -0.1) is 0 Å². The number of benzene rings is 3. The van der Waals surface area contributed by atoms with Gasteiger partial charge in [0.25, 0.3) is 0 Å². The van der Waals surface area contributed by atoms with Crippen LogP contribution < -0.4 is 15.9 Å². The van der Waals surface area contributed by atoms with Gasteiger partial charge in [0.15, 0.2) is 0 Å². The van der Waals surface area contributed by atoms with Crippen LogP contribution in [0.15, 0.2) is 114 Å². The molecule has 4 nitrogen and oxygen atoms in total. The fraction of sp³-hybridized carbons (Fsp3) is 0.368. The summed E-state index contributed by atoms with van der Waals surface area (Å²) in [7, 11) is -0.0950. The van der Waals surface area contributed by atoms with Gasteiger partial charge >= 0.3 is 259 Å². The van der Waals surface area contributed by atoms with Crippen LogP contribution in [-0.2, 0) is 19.1 Å². The molecule has 0 fully saturated rings. The molecule has 228 valence electrons. The molecule has 1 atom stereocenters. The molecule has 0 bridgehead atoms. The molecular weight excluding hydrogens is 551 g/mol. The third-order valence-electron chi connectivity index (χ3n) is 8.92. The number of carbonyl (C=O) groups excluding carboxylic acids is 2. The Labute approximate surface area is 258 Å². The number of Topliss-reactive ketones (excluding diaryl/α,β-unsaturated/α-hetero) is 2. The van der Waals surface area contributed by atoms with Crippen molar-refractivity contribution in [2.24, 2.45) is 0 Å². The van der Waals surface area contributed by atoms with Gasteiger partial charge < -0.3 is 0 Å². The monoisotopic (exact) mass is 598 g/mol. The van der Waals surface area contributed by atoms with E-state index >= 15 is 0 Å². The first-order valence-electron chi connectivity index (χ1n) is 15.8. The first-order chi connectivity index (χ1) is 21.0. The SMILES string of the molecule is CCCCCCCCCCC(C1=C(C)C(=O)C(OC)=C(OC)C1=O)[PH](c1ccccc1)(c1ccccc1)c1ccccc1. The predicted molar refractivity (Wildman–Crippen MR) is 181 cm³/mol. The average molecular weight is 599 g/mol. The Morgan fingerprint density at radius 1 is 0.581 bits per heavy atom. The van der Waals surface area contributed by atoms with Crippen molar-refractivity contribution in [3.8, 4) is 0 Å². The van der Waals surface area contributed by atoms with Crippen molar-refractivity contribution in [3.63, 3.8) is 0 Å². The van der Waals surface area contributed by atoms with E-state index in [9.17, 15) is 9.59 Å². The van der Waals surface area contributed by atoms with Crippen LogP contribution >= 0.6 is 7.26 Å². The second-order valence-electron chi connectivity index (χ2n) is 11.5. The van der Waals surface area contributed by atoms with Crippen molar-refractivity contribution in [2.45, 2.75) is 77.3 Å². The second-order valence-corrected chi connectivity index (χ2v) is 15.5. The van der Waals surface area contributed by atoms with Crippen LogP contribution in [0, 0.1) is 0 Å². The standard InChI is InChI=1S/C38H47O4P/c1-5-6-7-8-9-10-11-21-28-33(34-29(2)35(39)37(41-3)38(42-4)36(34)40)43(30-22-15-12-16-23-30,31-24-17-13-18-25-31)32-26-19-14-20-27-32/h12-20,22-27,33,43H,5-11,21,28H2,1-4H3. The molecule has 0 radical (unpaired) electrons. The van der Waals surface area contributed by atoms with Crippen LogP contribution in [0.2, 0.25) is 0 Å². The van der Waals surface area contributed by atoms with Crippen molar-refractivity contribution in [1.82, 2.24) is 0 Å². The summed E-state index contributed by atoms with van der Waals surface area (Å²) in [5.74, 6) is -0.510. The van der Waals surface area contributed by atoms with Crippen LogP contribution in [0.5, 0.6) is 0 Å². The summed E-state index contributed by atoms with van der Waals surface area (Å²) < 4.78 is 11.0. The van der Waals surface area contributed by atoms with Gasteiger partial charge in [-0.25, -0.2) is 0 Å². The minimum absolute atomic E-state index is 0.00566. The van der Waals surface area contributed by atoms with E-state index in [0.29, 0.717) is 11.1 Å². The molecule has 0 saturated heterocycles. The van der Waals surface area contributed by atoms with Crippen molar-refractivity contribution >= 4 is 34.7 Å². The van der Waals surface area contributed by atoms with Crippen molar-refractivity contribution in [2.75, 3.05) is 14.2 Å². The van der Waals surface area contributed by atoms with E-state index in [1.165, 1.54) is 68.7 Å². The van der Waals surface area contributed by atoms with Crippen LogP contribution in [0.1, 0.15) is 71.6 Å². The Kier molecular flexibility index (Phi) is 11.9. The molecule has 4 rings (SSSR count). The molecule has 1 unspecified atom stereocenters. The maximum absolute atomic E-state index is 14.4. The summed E-state index contributed by atoms with van der Waals surface area (Å²) in [6.45, 7) is 4.04. The molecule has 3 aromatic rings. The van der Waals surface area contributed by atoms with E-state index in [-0.39, 0.29) is 28.7 Å². The summed E-state index contributed by atoms with van der Waals surface area (Å²) >= 11 is 0. The number of hydrogen-bond donors (Lipinski definition) is 0. The number of hydrogen-bond acceptors (Lipinski definition) is 4. The first kappa shape index (κ1) is 32.4. The van der Waals surface area contributed by atoms with Gasteiger partial charge in [0.2, 0.25) is 0 Å². The summed E-state index contributed by atoms with van der Waals surface area (Å²) in [5, 5.41) is 3.66. The summed E-state index contributed by atoms with van der Waals surface area (Å²) in [4.78, 5) is 28.2. The Morgan fingerprint density at radius 3 is 1.40 bits per heavy atom. The molecule has 0 saturated carbocycles. The van der Waals surface area contributed by atoms with Gasteiger partial charge in [0.1, 0.15) is 0 Å². The van der Waals surface area contributed by atoms with E-state index in [4.69, 9.17) is 9.47 Å². The zero-order chi connectivity index (χ0) is 30.7. The summed E-state index contributed by atoms with van der Waals surface area (Å²) in [6, 6.07) is 32.0. The normalized spacial score (nSPS) is 15.1. The van der Waals surface area contributed by atoms with Crippen molar-refractivity contribution in [1.29, 1.82) is 0 Å². The fourth-order valence-corrected chi connectivity index (χ4v) is 12.6. The van der Waals surface area contributed by atoms with Crippen LogP contribution in [-0.4, -0.2) is 31.4 Å². The molecular formula is C38H47O4P. The number of carbonyl (C=O) groups is 2. The number of ether oxygens (including phenoxy) is 2. The Morgan fingerprint density at radius 2 is 0.977 bits per heavy atom. The van der Waals surface area contributed by atoms with E-state index in [1.54, 1.807) is 6.92 Å². The summed E-state index contributed by atoms with van der Waals surface area (Å²) in [5.41, 5.74) is 0.848. The zero-order valence-corrected chi connectivity index (χ0v) is 27.2. The second kappa shape index (κ2) is 15.8. The zero-order valence-electron chi connectivity index (χ0n) is 26.2. The maximum atomic E-state index is 14.4. The third kappa shape index (κ3) is 6.86. The van der Waals surface area contributed by atoms with Gasteiger partial charge in [-0.3, -0.25) is 0 Å². The van der Waals surface area contributed by atoms with Gasteiger partial charge in [0.05, 0.1) is 0 Å². The molecule has 0 heterocycles. The molecule has 43 heavy (non-hydrogen) atoms. The molecule has 5 heteroatoms. The average Bonchev–Trinajstić information content (AvgIpc) is 3.05. The molecule has 1 aliphatic carbocycles. The van der Waals surface area contributed by atoms with Gasteiger partial charge in [-0.2, -0.15) is 0 Å². The molecule has 0 N–H and O–H groups in total. The predicted octanol–water partition coefficient (Wildman–Crippen LogP) is 7.58. The van der Waals surface area contributed by atoms with Crippen molar-refractivity contribution < 1.29 is 19.1 Å². The number of rotatable bonds is 16. The Balaban J connectivity index is 1.92. The van der Waals surface area contributed by atoms with E-state index in [1.807, 2.05) is 18.2 Å². The molecule has 3 aromatic carbocycles. The molecule has 1 aliphatic rings.